The van der Waals surface area contributed by atoms with Crippen molar-refractivity contribution in [3.63, 3.8) is 0 Å². The molecule has 0 heterocycles. The minimum atomic E-state index is -0.949. The van der Waals surface area contributed by atoms with Crippen LogP contribution < -0.4 is 5.32 Å². The summed E-state index contributed by atoms with van der Waals surface area (Å²) in [5, 5.41) is 13.6. The number of carboxylic acids is 1. The molecule has 0 unspecified atom stereocenters. The van der Waals surface area contributed by atoms with Gasteiger partial charge in [0.15, 0.2) is 0 Å². The fourth-order valence-corrected chi connectivity index (χ4v) is 2.05. The largest absolute Gasteiger partial charge is 0.481 e. The van der Waals surface area contributed by atoms with Crippen LogP contribution in [-0.4, -0.2) is 23.5 Å². The van der Waals surface area contributed by atoms with Crippen LogP contribution in [0.3, 0.4) is 0 Å². The Bertz CT molecular complexity index is 622. The first-order valence-electron chi connectivity index (χ1n) is 6.61. The van der Waals surface area contributed by atoms with Crippen LogP contribution in [0.4, 0.5) is 0 Å². The lowest BCUT2D eigenvalue weighted by atomic mass is 10.1. The van der Waals surface area contributed by atoms with E-state index in [0.717, 1.165) is 12.0 Å². The third-order valence-electron chi connectivity index (χ3n) is 3.12. The van der Waals surface area contributed by atoms with Crippen molar-refractivity contribution >= 4 is 22.6 Å². The maximum absolute atomic E-state index is 11.4. The van der Waals surface area contributed by atoms with Gasteiger partial charge in [-0.3, -0.25) is 9.59 Å². The molecule has 0 atom stereocenters. The van der Waals surface area contributed by atoms with Crippen LogP contribution in [0, 0.1) is 0 Å². The summed E-state index contributed by atoms with van der Waals surface area (Å²) in [6.45, 7) is 0.525. The van der Waals surface area contributed by atoms with E-state index < -0.39 is 5.97 Å². The number of carbonyl (C=O) groups excluding carboxylic acids is 1. The predicted molar refractivity (Wildman–Crippen MR) is 77.5 cm³/mol. The van der Waals surface area contributed by atoms with Crippen molar-refractivity contribution in [3.8, 4) is 0 Å². The maximum atomic E-state index is 11.4. The number of amides is 1. The zero-order chi connectivity index (χ0) is 14.4. The van der Waals surface area contributed by atoms with Gasteiger partial charge >= 0.3 is 5.97 Å². The monoisotopic (exact) mass is 271 g/mol. The topological polar surface area (TPSA) is 66.4 Å². The predicted octanol–water partition coefficient (Wildman–Crippen LogP) is 2.36. The number of rotatable bonds is 6. The van der Waals surface area contributed by atoms with Crippen LogP contribution in [0.5, 0.6) is 0 Å². The molecule has 0 radical (unpaired) electrons. The number of benzene rings is 2. The van der Waals surface area contributed by atoms with Crippen molar-refractivity contribution in [1.82, 2.24) is 5.32 Å². The summed E-state index contributed by atoms with van der Waals surface area (Å²) in [4.78, 5) is 21.7. The summed E-state index contributed by atoms with van der Waals surface area (Å²) >= 11 is 0. The Kier molecular flexibility index (Phi) is 4.71. The molecule has 0 saturated carbocycles. The lowest BCUT2D eigenvalue weighted by molar-refractivity contribution is -0.138. The molecule has 20 heavy (non-hydrogen) atoms. The van der Waals surface area contributed by atoms with Gasteiger partial charge in [0.25, 0.3) is 0 Å². The maximum Gasteiger partial charge on any atom is 0.303 e. The van der Waals surface area contributed by atoms with Gasteiger partial charge in [-0.1, -0.05) is 42.5 Å². The lowest BCUT2D eigenvalue weighted by Gasteiger charge is -2.06. The highest BCUT2D eigenvalue weighted by atomic mass is 16.4. The summed E-state index contributed by atoms with van der Waals surface area (Å²) in [7, 11) is 0. The van der Waals surface area contributed by atoms with Crippen molar-refractivity contribution < 1.29 is 14.7 Å². The van der Waals surface area contributed by atoms with Crippen LogP contribution in [-0.2, 0) is 16.0 Å². The van der Waals surface area contributed by atoms with Crippen LogP contribution >= 0.6 is 0 Å². The molecule has 1 amide bonds. The van der Waals surface area contributed by atoms with E-state index in [4.69, 9.17) is 5.11 Å². The molecular formula is C16H17NO3. The average molecular weight is 271 g/mol. The standard InChI is InChI=1S/C16H17NO3/c18-15(7-8-16(19)20)17-10-9-12-5-6-13-3-1-2-4-14(13)11-12/h1-6,11H,7-10H2,(H,17,18)(H,19,20). The van der Waals surface area contributed by atoms with Crippen molar-refractivity contribution in [2.24, 2.45) is 0 Å². The third kappa shape index (κ3) is 4.09. The van der Waals surface area contributed by atoms with Gasteiger partial charge in [-0.05, 0) is 22.8 Å². The Hall–Kier alpha value is -2.36. The Balaban J connectivity index is 1.83. The first kappa shape index (κ1) is 14.1. The zero-order valence-electron chi connectivity index (χ0n) is 11.1. The normalized spacial score (nSPS) is 10.4. The zero-order valence-corrected chi connectivity index (χ0v) is 11.1. The summed E-state index contributed by atoms with van der Waals surface area (Å²) in [6, 6.07) is 14.4. The minimum Gasteiger partial charge on any atom is -0.481 e. The molecule has 4 nitrogen and oxygen atoms in total. The fraction of sp³-hybridized carbons (Fsp3) is 0.250. The minimum absolute atomic E-state index is 0.0348. The number of fused-ring (bicyclic) bond motifs is 1. The number of aliphatic carboxylic acids is 1. The van der Waals surface area contributed by atoms with Gasteiger partial charge in [-0.2, -0.15) is 0 Å². The molecule has 2 aromatic rings. The second-order valence-corrected chi connectivity index (χ2v) is 4.68. The highest BCUT2D eigenvalue weighted by molar-refractivity contribution is 5.83. The quantitative estimate of drug-likeness (QED) is 0.847. The van der Waals surface area contributed by atoms with Gasteiger partial charge in [0, 0.05) is 13.0 Å². The van der Waals surface area contributed by atoms with E-state index in [1.165, 1.54) is 10.8 Å². The summed E-state index contributed by atoms with van der Waals surface area (Å²) < 4.78 is 0. The van der Waals surface area contributed by atoms with Crippen LogP contribution in [0.25, 0.3) is 10.8 Å². The van der Waals surface area contributed by atoms with E-state index in [1.54, 1.807) is 0 Å². The molecule has 2 N–H and O–H groups in total. The fourth-order valence-electron chi connectivity index (χ4n) is 2.05. The molecule has 0 aliphatic heterocycles. The molecule has 0 aliphatic carbocycles. The number of hydrogen-bond acceptors (Lipinski definition) is 2. The molecular weight excluding hydrogens is 254 g/mol. The molecule has 104 valence electrons. The van der Waals surface area contributed by atoms with E-state index in [0.29, 0.717) is 6.54 Å². The lowest BCUT2D eigenvalue weighted by Crippen LogP contribution is -2.25. The Morgan fingerprint density at radius 1 is 1.00 bits per heavy atom. The first-order chi connectivity index (χ1) is 9.65. The van der Waals surface area contributed by atoms with Crippen molar-refractivity contribution in [2.45, 2.75) is 19.3 Å². The second-order valence-electron chi connectivity index (χ2n) is 4.68. The molecule has 0 bridgehead atoms. The van der Waals surface area contributed by atoms with Crippen LogP contribution in [0.15, 0.2) is 42.5 Å². The van der Waals surface area contributed by atoms with Crippen LogP contribution in [0.2, 0.25) is 0 Å². The summed E-state index contributed by atoms with van der Waals surface area (Å²) in [5.74, 6) is -1.16. The Labute approximate surface area is 117 Å². The molecule has 0 aromatic heterocycles. The van der Waals surface area contributed by atoms with E-state index in [2.05, 4.69) is 29.6 Å². The van der Waals surface area contributed by atoms with E-state index in [-0.39, 0.29) is 18.7 Å². The number of hydrogen-bond donors (Lipinski definition) is 2. The smallest absolute Gasteiger partial charge is 0.303 e. The number of carboxylic acid groups (broad SMARTS) is 1. The number of carbonyl (C=O) groups is 2. The molecule has 0 spiro atoms. The summed E-state index contributed by atoms with van der Waals surface area (Å²) in [6.07, 6.45) is 0.651. The van der Waals surface area contributed by atoms with Gasteiger partial charge < -0.3 is 10.4 Å². The molecule has 4 heteroatoms. The van der Waals surface area contributed by atoms with E-state index in [9.17, 15) is 9.59 Å². The van der Waals surface area contributed by atoms with Crippen molar-refractivity contribution in [1.29, 1.82) is 0 Å². The van der Waals surface area contributed by atoms with Gasteiger partial charge in [0.1, 0.15) is 0 Å². The highest BCUT2D eigenvalue weighted by Gasteiger charge is 2.04. The molecule has 0 saturated heterocycles. The van der Waals surface area contributed by atoms with Crippen LogP contribution in [0.1, 0.15) is 18.4 Å². The Morgan fingerprint density at radius 3 is 2.50 bits per heavy atom. The first-order valence-corrected chi connectivity index (χ1v) is 6.61. The molecule has 0 fully saturated rings. The summed E-state index contributed by atoms with van der Waals surface area (Å²) in [5.41, 5.74) is 1.15. The average Bonchev–Trinajstić information content (AvgIpc) is 2.45. The number of nitrogens with one attached hydrogen (secondary N) is 1. The van der Waals surface area contributed by atoms with Gasteiger partial charge in [-0.15, -0.1) is 0 Å². The van der Waals surface area contributed by atoms with Gasteiger partial charge in [-0.25, -0.2) is 0 Å². The molecule has 2 aromatic carbocycles. The SMILES string of the molecule is O=C(O)CCC(=O)NCCc1ccc2ccccc2c1. The van der Waals surface area contributed by atoms with Gasteiger partial charge in [0.05, 0.1) is 6.42 Å². The second kappa shape index (κ2) is 6.70. The van der Waals surface area contributed by atoms with Gasteiger partial charge in [0.2, 0.25) is 5.91 Å². The highest BCUT2D eigenvalue weighted by Crippen LogP contribution is 2.15. The van der Waals surface area contributed by atoms with E-state index in [1.807, 2.05) is 18.2 Å². The molecule has 2 rings (SSSR count). The van der Waals surface area contributed by atoms with Crippen molar-refractivity contribution in [2.75, 3.05) is 6.54 Å². The van der Waals surface area contributed by atoms with Crippen molar-refractivity contribution in [3.05, 3.63) is 48.0 Å². The molecule has 0 aliphatic rings. The third-order valence-corrected chi connectivity index (χ3v) is 3.12. The Morgan fingerprint density at radius 2 is 1.75 bits per heavy atom. The van der Waals surface area contributed by atoms with E-state index >= 15 is 0 Å².